The molecule has 0 bridgehead atoms. The summed E-state index contributed by atoms with van der Waals surface area (Å²) in [6.45, 7) is 0. The van der Waals surface area contributed by atoms with Gasteiger partial charge in [0, 0.05) is 5.92 Å². The summed E-state index contributed by atoms with van der Waals surface area (Å²) in [4.78, 5) is 12.2. The molecule has 2 fully saturated rings. The molecular weight excluding hydrogens is 224 g/mol. The molecule has 0 atom stereocenters. The van der Waals surface area contributed by atoms with Crippen molar-refractivity contribution in [2.45, 2.75) is 51.0 Å². The summed E-state index contributed by atoms with van der Waals surface area (Å²) in [6.07, 6.45) is 8.51. The average Bonchev–Trinajstić information content (AvgIpc) is 3.24. The maximum absolute atomic E-state index is 12.2. The molecule has 2 nitrogen and oxygen atoms in total. The fourth-order valence-electron chi connectivity index (χ4n) is 2.70. The number of ether oxygens (including phenoxy) is 1. The van der Waals surface area contributed by atoms with Crippen LogP contribution in [0, 0.1) is 5.92 Å². The molecule has 0 aromatic heterocycles. The van der Waals surface area contributed by atoms with Crippen LogP contribution >= 0.6 is 0 Å². The van der Waals surface area contributed by atoms with Crippen LogP contribution in [-0.2, 0) is 0 Å². The topological polar surface area (TPSA) is 26.3 Å². The highest BCUT2D eigenvalue weighted by Crippen LogP contribution is 2.36. The molecule has 0 unspecified atom stereocenters. The lowest BCUT2D eigenvalue weighted by molar-refractivity contribution is 0.0955. The van der Waals surface area contributed by atoms with Crippen molar-refractivity contribution in [1.29, 1.82) is 0 Å². The van der Waals surface area contributed by atoms with Crippen LogP contribution in [0.5, 0.6) is 5.75 Å². The minimum absolute atomic E-state index is 0.265. The number of para-hydroxylation sites is 1. The van der Waals surface area contributed by atoms with E-state index in [9.17, 15) is 4.79 Å². The smallest absolute Gasteiger partial charge is 0.169 e. The third-order valence-corrected chi connectivity index (χ3v) is 3.95. The van der Waals surface area contributed by atoms with E-state index in [1.807, 2.05) is 24.3 Å². The normalized spacial score (nSPS) is 20.7. The van der Waals surface area contributed by atoms with Crippen LogP contribution in [-0.4, -0.2) is 11.9 Å². The first kappa shape index (κ1) is 11.8. The van der Waals surface area contributed by atoms with Gasteiger partial charge < -0.3 is 4.74 Å². The molecule has 0 saturated heterocycles. The second kappa shape index (κ2) is 5.13. The van der Waals surface area contributed by atoms with Gasteiger partial charge in [0.1, 0.15) is 5.75 Å². The molecule has 0 amide bonds. The number of Topliss-reactive ketones (excluding diaryl/α,β-unsaturated/α-hetero) is 1. The second-order valence-corrected chi connectivity index (χ2v) is 5.51. The summed E-state index contributed by atoms with van der Waals surface area (Å²) < 4.78 is 6.06. The lowest BCUT2D eigenvalue weighted by atomic mass is 9.97. The lowest BCUT2D eigenvalue weighted by Gasteiger charge is -2.24. The Labute approximate surface area is 108 Å². The largest absolute Gasteiger partial charge is 0.490 e. The van der Waals surface area contributed by atoms with Crippen LogP contribution in [0.25, 0.3) is 0 Å². The Hall–Kier alpha value is -1.31. The molecule has 2 aliphatic carbocycles. The van der Waals surface area contributed by atoms with Gasteiger partial charge in [0.15, 0.2) is 5.78 Å². The third kappa shape index (κ3) is 2.58. The van der Waals surface area contributed by atoms with E-state index in [0.29, 0.717) is 6.10 Å². The second-order valence-electron chi connectivity index (χ2n) is 5.51. The molecule has 0 spiro atoms. The number of rotatable bonds is 4. The van der Waals surface area contributed by atoms with Gasteiger partial charge in [-0.1, -0.05) is 18.6 Å². The van der Waals surface area contributed by atoms with Crippen LogP contribution in [0.2, 0.25) is 0 Å². The van der Waals surface area contributed by atoms with Crippen molar-refractivity contribution in [2.24, 2.45) is 5.92 Å². The van der Waals surface area contributed by atoms with Gasteiger partial charge in [-0.15, -0.1) is 0 Å². The summed E-state index contributed by atoms with van der Waals surface area (Å²) in [5.41, 5.74) is 0.797. The highest BCUT2D eigenvalue weighted by molar-refractivity contribution is 6.01. The van der Waals surface area contributed by atoms with Gasteiger partial charge in [-0.05, 0) is 50.7 Å². The molecule has 1 aromatic rings. The van der Waals surface area contributed by atoms with E-state index < -0.39 is 0 Å². The minimum Gasteiger partial charge on any atom is -0.490 e. The van der Waals surface area contributed by atoms with Gasteiger partial charge in [0.05, 0.1) is 11.7 Å². The van der Waals surface area contributed by atoms with Crippen molar-refractivity contribution in [1.82, 2.24) is 0 Å². The minimum atomic E-state index is 0.265. The number of hydrogen-bond acceptors (Lipinski definition) is 2. The summed E-state index contributed by atoms with van der Waals surface area (Å²) >= 11 is 0. The number of carbonyl (C=O) groups is 1. The van der Waals surface area contributed by atoms with Crippen molar-refractivity contribution in [3.05, 3.63) is 29.8 Å². The summed E-state index contributed by atoms with van der Waals surface area (Å²) in [6, 6.07) is 7.76. The van der Waals surface area contributed by atoms with Crippen molar-refractivity contribution < 1.29 is 9.53 Å². The Balaban J connectivity index is 1.75. The Morgan fingerprint density at radius 1 is 1.00 bits per heavy atom. The van der Waals surface area contributed by atoms with Crippen molar-refractivity contribution in [3.8, 4) is 5.75 Å². The molecule has 96 valence electrons. The molecule has 2 aliphatic rings. The fraction of sp³-hybridized carbons (Fsp3) is 0.562. The first-order chi connectivity index (χ1) is 8.84. The lowest BCUT2D eigenvalue weighted by Crippen LogP contribution is -2.21. The van der Waals surface area contributed by atoms with E-state index in [0.717, 1.165) is 37.0 Å². The van der Waals surface area contributed by atoms with Crippen molar-refractivity contribution >= 4 is 5.78 Å². The van der Waals surface area contributed by atoms with Gasteiger partial charge in [0.25, 0.3) is 0 Å². The predicted molar refractivity (Wildman–Crippen MR) is 71.0 cm³/mol. The Kier molecular flexibility index (Phi) is 3.35. The number of ketones is 1. The van der Waals surface area contributed by atoms with Crippen LogP contribution in [0.15, 0.2) is 24.3 Å². The molecule has 18 heavy (non-hydrogen) atoms. The number of carbonyl (C=O) groups excluding carboxylic acids is 1. The maximum atomic E-state index is 12.2. The van der Waals surface area contributed by atoms with Crippen molar-refractivity contribution in [2.75, 3.05) is 0 Å². The van der Waals surface area contributed by atoms with Crippen molar-refractivity contribution in [3.63, 3.8) is 0 Å². The molecule has 0 radical (unpaired) electrons. The first-order valence-electron chi connectivity index (χ1n) is 7.14. The maximum Gasteiger partial charge on any atom is 0.169 e. The van der Waals surface area contributed by atoms with E-state index in [4.69, 9.17) is 4.74 Å². The van der Waals surface area contributed by atoms with Crippen LogP contribution in [0.4, 0.5) is 0 Å². The van der Waals surface area contributed by atoms with Gasteiger partial charge in [-0.3, -0.25) is 4.79 Å². The van der Waals surface area contributed by atoms with E-state index >= 15 is 0 Å². The Morgan fingerprint density at radius 2 is 1.72 bits per heavy atom. The molecule has 3 rings (SSSR count). The van der Waals surface area contributed by atoms with Crippen LogP contribution in [0.1, 0.15) is 55.3 Å². The van der Waals surface area contributed by atoms with Gasteiger partial charge >= 0.3 is 0 Å². The molecule has 1 aromatic carbocycles. The summed E-state index contributed by atoms with van der Waals surface area (Å²) in [5.74, 6) is 1.35. The Morgan fingerprint density at radius 3 is 2.44 bits per heavy atom. The monoisotopic (exact) mass is 244 g/mol. The SMILES string of the molecule is O=C(c1ccccc1OC1CCCCC1)C1CC1. The van der Waals surface area contributed by atoms with E-state index in [2.05, 4.69) is 0 Å². The molecule has 2 saturated carbocycles. The molecule has 0 N–H and O–H groups in total. The van der Waals surface area contributed by atoms with Gasteiger partial charge in [-0.2, -0.15) is 0 Å². The molecule has 0 aliphatic heterocycles. The number of hydrogen-bond donors (Lipinski definition) is 0. The quantitative estimate of drug-likeness (QED) is 0.748. The number of benzene rings is 1. The molecular formula is C16H20O2. The first-order valence-corrected chi connectivity index (χ1v) is 7.14. The predicted octanol–water partition coefficient (Wildman–Crippen LogP) is 3.99. The average molecular weight is 244 g/mol. The Bertz CT molecular complexity index is 428. The van der Waals surface area contributed by atoms with E-state index in [1.54, 1.807) is 0 Å². The highest BCUT2D eigenvalue weighted by atomic mass is 16.5. The van der Waals surface area contributed by atoms with Gasteiger partial charge in [-0.25, -0.2) is 0 Å². The van der Waals surface area contributed by atoms with E-state index in [-0.39, 0.29) is 11.7 Å². The summed E-state index contributed by atoms with van der Waals surface area (Å²) in [7, 11) is 0. The molecule has 2 heteroatoms. The third-order valence-electron chi connectivity index (χ3n) is 3.95. The van der Waals surface area contributed by atoms with Gasteiger partial charge in [0.2, 0.25) is 0 Å². The zero-order chi connectivity index (χ0) is 12.4. The van der Waals surface area contributed by atoms with Crippen LogP contribution < -0.4 is 4.74 Å². The molecule has 0 heterocycles. The zero-order valence-corrected chi connectivity index (χ0v) is 10.7. The van der Waals surface area contributed by atoms with Crippen LogP contribution in [0.3, 0.4) is 0 Å². The zero-order valence-electron chi connectivity index (χ0n) is 10.7. The standard InChI is InChI=1S/C16H20O2/c17-16(12-10-11-12)14-8-4-5-9-15(14)18-13-6-2-1-3-7-13/h4-5,8-9,12-13H,1-3,6-7,10-11H2. The highest BCUT2D eigenvalue weighted by Gasteiger charge is 2.32. The summed E-state index contributed by atoms with van der Waals surface area (Å²) in [5, 5.41) is 0. The fourth-order valence-corrected chi connectivity index (χ4v) is 2.70. The van der Waals surface area contributed by atoms with E-state index in [1.165, 1.54) is 19.3 Å².